The van der Waals surface area contributed by atoms with Crippen LogP contribution in [0.5, 0.6) is 0 Å². The van der Waals surface area contributed by atoms with Gasteiger partial charge in [0.1, 0.15) is 6.04 Å². The quantitative estimate of drug-likeness (QED) is 0.512. The van der Waals surface area contributed by atoms with Gasteiger partial charge in [-0.05, 0) is 29.7 Å². The average Bonchev–Trinajstić information content (AvgIpc) is 2.64. The highest BCUT2D eigenvalue weighted by Gasteiger charge is 2.24. The van der Waals surface area contributed by atoms with Crippen LogP contribution in [0.15, 0.2) is 48.5 Å². The molecule has 0 bridgehead atoms. The molecule has 26 heavy (non-hydrogen) atoms. The van der Waals surface area contributed by atoms with Crippen molar-refractivity contribution in [2.45, 2.75) is 18.9 Å². The van der Waals surface area contributed by atoms with Gasteiger partial charge < -0.3 is 21.5 Å². The summed E-state index contributed by atoms with van der Waals surface area (Å²) in [6.45, 7) is 0. The lowest BCUT2D eigenvalue weighted by Crippen LogP contribution is -2.42. The zero-order valence-electron chi connectivity index (χ0n) is 14.4. The van der Waals surface area contributed by atoms with E-state index in [0.717, 1.165) is 5.56 Å². The number of nitrogens with two attached hydrogens (primary N) is 2. The maximum atomic E-state index is 12.8. The van der Waals surface area contributed by atoms with Gasteiger partial charge in [-0.1, -0.05) is 36.4 Å². The van der Waals surface area contributed by atoms with E-state index >= 15 is 0 Å². The zero-order chi connectivity index (χ0) is 19.1. The Morgan fingerprint density at radius 1 is 1.12 bits per heavy atom. The summed E-state index contributed by atoms with van der Waals surface area (Å²) in [5.41, 5.74) is 13.2. The number of esters is 1. The van der Waals surface area contributed by atoms with Crippen LogP contribution in [0.4, 0.5) is 5.69 Å². The fraction of sp³-hybridized carbons (Fsp3) is 0.211. The summed E-state index contributed by atoms with van der Waals surface area (Å²) >= 11 is 0. The van der Waals surface area contributed by atoms with Gasteiger partial charge in [0.2, 0.25) is 5.91 Å². The molecule has 0 aromatic heterocycles. The van der Waals surface area contributed by atoms with Gasteiger partial charge in [0.15, 0.2) is 0 Å². The number of methoxy groups -OCH3 is 1. The van der Waals surface area contributed by atoms with Crippen LogP contribution in [0, 0.1) is 0 Å². The number of hydrogen-bond acceptors (Lipinski definition) is 5. The van der Waals surface area contributed by atoms with Gasteiger partial charge in [-0.3, -0.25) is 9.59 Å². The van der Waals surface area contributed by atoms with Crippen molar-refractivity contribution in [3.05, 3.63) is 54.1 Å². The van der Waals surface area contributed by atoms with E-state index < -0.39 is 23.8 Å². The van der Waals surface area contributed by atoms with E-state index in [-0.39, 0.29) is 12.8 Å². The van der Waals surface area contributed by atoms with Crippen molar-refractivity contribution in [2.75, 3.05) is 12.8 Å². The van der Waals surface area contributed by atoms with Gasteiger partial charge in [0.25, 0.3) is 5.91 Å². The number of ether oxygens (including phenoxy) is 1. The fourth-order valence-electron chi connectivity index (χ4n) is 2.53. The van der Waals surface area contributed by atoms with Gasteiger partial charge in [0, 0.05) is 17.7 Å². The number of anilines is 1. The Kier molecular flexibility index (Phi) is 6.32. The van der Waals surface area contributed by atoms with E-state index in [1.165, 1.54) is 7.11 Å². The van der Waals surface area contributed by atoms with Crippen LogP contribution in [-0.2, 0) is 14.3 Å². The zero-order valence-corrected chi connectivity index (χ0v) is 14.4. The summed E-state index contributed by atoms with van der Waals surface area (Å²) < 4.78 is 4.69. The lowest BCUT2D eigenvalue weighted by atomic mass is 9.98. The van der Waals surface area contributed by atoms with Crippen LogP contribution in [0.2, 0.25) is 0 Å². The SMILES string of the molecule is COC(=O)[C@H](CCC(N)=O)NC(=O)c1cc(N)ccc1-c1ccccc1. The van der Waals surface area contributed by atoms with Crippen LogP contribution >= 0.6 is 0 Å². The summed E-state index contributed by atoms with van der Waals surface area (Å²) in [5.74, 6) is -1.71. The number of carbonyl (C=O) groups excluding carboxylic acids is 3. The van der Waals surface area contributed by atoms with Crippen molar-refractivity contribution < 1.29 is 19.1 Å². The molecule has 1 atom stereocenters. The smallest absolute Gasteiger partial charge is 0.328 e. The van der Waals surface area contributed by atoms with Crippen LogP contribution < -0.4 is 16.8 Å². The number of primary amides is 1. The summed E-state index contributed by atoms with van der Waals surface area (Å²) in [7, 11) is 1.21. The normalized spacial score (nSPS) is 11.4. The number of rotatable bonds is 7. The van der Waals surface area contributed by atoms with Crippen LogP contribution in [-0.4, -0.2) is 30.9 Å². The van der Waals surface area contributed by atoms with E-state index in [4.69, 9.17) is 11.5 Å². The number of benzene rings is 2. The fourth-order valence-corrected chi connectivity index (χ4v) is 2.53. The molecule has 0 aliphatic carbocycles. The average molecular weight is 355 g/mol. The Morgan fingerprint density at radius 2 is 1.81 bits per heavy atom. The topological polar surface area (TPSA) is 125 Å². The molecular formula is C19H21N3O4. The number of carbonyl (C=O) groups is 3. The van der Waals surface area contributed by atoms with Gasteiger partial charge in [0.05, 0.1) is 7.11 Å². The molecule has 0 fully saturated rings. The number of amides is 2. The molecule has 2 aromatic rings. The molecule has 2 amide bonds. The number of nitrogens with one attached hydrogen (secondary N) is 1. The van der Waals surface area contributed by atoms with Crippen molar-refractivity contribution in [2.24, 2.45) is 5.73 Å². The molecule has 0 saturated heterocycles. The van der Waals surface area contributed by atoms with Crippen molar-refractivity contribution in [1.29, 1.82) is 0 Å². The Bertz CT molecular complexity index is 806. The van der Waals surface area contributed by atoms with Crippen molar-refractivity contribution in [3.8, 4) is 11.1 Å². The molecule has 0 aliphatic heterocycles. The summed E-state index contributed by atoms with van der Waals surface area (Å²) in [5, 5.41) is 2.60. The third-order valence-corrected chi connectivity index (χ3v) is 3.84. The minimum Gasteiger partial charge on any atom is -0.467 e. The van der Waals surface area contributed by atoms with Gasteiger partial charge in [-0.2, -0.15) is 0 Å². The van der Waals surface area contributed by atoms with Crippen molar-refractivity contribution in [1.82, 2.24) is 5.32 Å². The Balaban J connectivity index is 2.31. The Labute approximate surface area is 151 Å². The molecule has 2 rings (SSSR count). The molecular weight excluding hydrogens is 334 g/mol. The molecule has 0 unspecified atom stereocenters. The molecule has 0 aliphatic rings. The summed E-state index contributed by atoms with van der Waals surface area (Å²) in [4.78, 5) is 35.7. The first-order valence-electron chi connectivity index (χ1n) is 8.04. The molecule has 0 heterocycles. The van der Waals surface area contributed by atoms with Crippen LogP contribution in [0.1, 0.15) is 23.2 Å². The summed E-state index contributed by atoms with van der Waals surface area (Å²) in [6, 6.07) is 13.3. The molecule has 136 valence electrons. The van der Waals surface area contributed by atoms with Crippen molar-refractivity contribution >= 4 is 23.5 Å². The molecule has 5 N–H and O–H groups in total. The first-order valence-corrected chi connectivity index (χ1v) is 8.04. The first-order chi connectivity index (χ1) is 12.4. The minimum absolute atomic E-state index is 0.0523. The van der Waals surface area contributed by atoms with Crippen LogP contribution in [0.3, 0.4) is 0 Å². The standard InChI is InChI=1S/C19H21N3O4/c1-26-19(25)16(9-10-17(21)23)22-18(24)15-11-13(20)7-8-14(15)12-5-3-2-4-6-12/h2-8,11,16H,9-10,20H2,1H3,(H2,21,23)(H,22,24)/t16-/m0/s1. The molecule has 0 spiro atoms. The highest BCUT2D eigenvalue weighted by Crippen LogP contribution is 2.25. The van der Waals surface area contributed by atoms with Crippen LogP contribution in [0.25, 0.3) is 11.1 Å². The lowest BCUT2D eigenvalue weighted by Gasteiger charge is -2.17. The van der Waals surface area contributed by atoms with Gasteiger partial charge >= 0.3 is 5.97 Å². The first kappa shape index (κ1) is 19.0. The van der Waals surface area contributed by atoms with E-state index in [0.29, 0.717) is 16.8 Å². The second kappa shape index (κ2) is 8.66. The molecule has 0 radical (unpaired) electrons. The predicted molar refractivity (Wildman–Crippen MR) is 98.0 cm³/mol. The highest BCUT2D eigenvalue weighted by atomic mass is 16.5. The van der Waals surface area contributed by atoms with E-state index in [9.17, 15) is 14.4 Å². The molecule has 7 nitrogen and oxygen atoms in total. The highest BCUT2D eigenvalue weighted by molar-refractivity contribution is 6.03. The largest absolute Gasteiger partial charge is 0.467 e. The minimum atomic E-state index is -0.981. The predicted octanol–water partition coefficient (Wildman–Crippen LogP) is 1.47. The van der Waals surface area contributed by atoms with E-state index in [2.05, 4.69) is 10.1 Å². The molecule has 2 aromatic carbocycles. The Morgan fingerprint density at radius 3 is 2.42 bits per heavy atom. The van der Waals surface area contributed by atoms with Gasteiger partial charge in [-0.15, -0.1) is 0 Å². The maximum Gasteiger partial charge on any atom is 0.328 e. The van der Waals surface area contributed by atoms with E-state index in [1.807, 2.05) is 30.3 Å². The third-order valence-electron chi connectivity index (χ3n) is 3.84. The molecule has 0 saturated carbocycles. The maximum absolute atomic E-state index is 12.8. The van der Waals surface area contributed by atoms with Crippen molar-refractivity contribution in [3.63, 3.8) is 0 Å². The summed E-state index contributed by atoms with van der Waals surface area (Å²) in [6.07, 6.45) is -0.000744. The Hall–Kier alpha value is -3.35. The number of nitrogen functional groups attached to an aromatic ring is 1. The van der Waals surface area contributed by atoms with Gasteiger partial charge in [-0.25, -0.2) is 4.79 Å². The lowest BCUT2D eigenvalue weighted by molar-refractivity contribution is -0.143. The monoisotopic (exact) mass is 355 g/mol. The second-order valence-corrected chi connectivity index (χ2v) is 5.73. The second-order valence-electron chi connectivity index (χ2n) is 5.73. The third kappa shape index (κ3) is 4.83. The number of hydrogen-bond donors (Lipinski definition) is 3. The van der Waals surface area contributed by atoms with E-state index in [1.54, 1.807) is 18.2 Å². The molecule has 7 heteroatoms.